The van der Waals surface area contributed by atoms with E-state index in [4.69, 9.17) is 0 Å². The Balaban J connectivity index is 2.70. The van der Waals surface area contributed by atoms with E-state index in [9.17, 15) is 14.9 Å². The summed E-state index contributed by atoms with van der Waals surface area (Å²) in [5.74, 6) is -0.671. The summed E-state index contributed by atoms with van der Waals surface area (Å²) in [4.78, 5) is 23.5. The zero-order valence-electron chi connectivity index (χ0n) is 14.2. The zero-order chi connectivity index (χ0) is 17.6. The Morgan fingerprint density at radius 1 is 1.39 bits per heavy atom. The second-order valence-electron chi connectivity index (χ2n) is 5.89. The van der Waals surface area contributed by atoms with Crippen molar-refractivity contribution in [2.75, 3.05) is 19.0 Å². The fourth-order valence-electron chi connectivity index (χ4n) is 1.92. The summed E-state index contributed by atoms with van der Waals surface area (Å²) in [6.45, 7) is 7.34. The number of esters is 1. The molecule has 124 valence electrons. The van der Waals surface area contributed by atoms with E-state index >= 15 is 0 Å². The molecule has 1 atom stereocenters. The number of carbonyl (C=O) groups excluding carboxylic acids is 2. The van der Waals surface area contributed by atoms with Gasteiger partial charge in [-0.05, 0) is 43.5 Å². The molecule has 0 saturated carbocycles. The molecule has 0 fully saturated rings. The van der Waals surface area contributed by atoms with Crippen molar-refractivity contribution in [3.63, 3.8) is 0 Å². The van der Waals surface area contributed by atoms with E-state index in [1.165, 1.54) is 7.11 Å². The minimum atomic E-state index is -0.900. The molecule has 1 aromatic rings. The molecule has 1 aromatic carbocycles. The number of benzene rings is 1. The molecule has 0 spiro atoms. The van der Waals surface area contributed by atoms with Gasteiger partial charge in [-0.15, -0.1) is 0 Å². The molecule has 0 aromatic heterocycles. The standard InChI is InChI=1S/C17H23N3O3/c1-11(2)17(4,10-18)20-15(21)9-19-14-7-6-13(8-12(14)3)16(22)23-5/h6-8,11,19H,9H2,1-5H3,(H,20,21). The van der Waals surface area contributed by atoms with Gasteiger partial charge in [0.2, 0.25) is 5.91 Å². The lowest BCUT2D eigenvalue weighted by atomic mass is 9.90. The van der Waals surface area contributed by atoms with E-state index in [0.29, 0.717) is 5.56 Å². The Hall–Kier alpha value is -2.55. The first-order chi connectivity index (χ1) is 10.7. The van der Waals surface area contributed by atoms with Crippen molar-refractivity contribution >= 4 is 17.6 Å². The lowest BCUT2D eigenvalue weighted by molar-refractivity contribution is -0.121. The molecular weight excluding hydrogens is 294 g/mol. The predicted octanol–water partition coefficient (Wildman–Crippen LogP) is 2.25. The summed E-state index contributed by atoms with van der Waals surface area (Å²) >= 11 is 0. The maximum atomic E-state index is 12.0. The molecule has 1 amide bonds. The van der Waals surface area contributed by atoms with Crippen LogP contribution in [0.5, 0.6) is 0 Å². The summed E-state index contributed by atoms with van der Waals surface area (Å²) in [6.07, 6.45) is 0. The van der Waals surface area contributed by atoms with Crippen LogP contribution in [-0.2, 0) is 9.53 Å². The highest BCUT2D eigenvalue weighted by Gasteiger charge is 2.29. The molecule has 0 radical (unpaired) electrons. The Morgan fingerprint density at radius 2 is 2.04 bits per heavy atom. The first-order valence-electron chi connectivity index (χ1n) is 7.38. The fourth-order valence-corrected chi connectivity index (χ4v) is 1.92. The highest BCUT2D eigenvalue weighted by Crippen LogP contribution is 2.18. The second kappa shape index (κ2) is 7.63. The molecule has 0 aliphatic rings. The highest BCUT2D eigenvalue weighted by molar-refractivity contribution is 5.90. The second-order valence-corrected chi connectivity index (χ2v) is 5.89. The van der Waals surface area contributed by atoms with Crippen LogP contribution in [0.15, 0.2) is 18.2 Å². The van der Waals surface area contributed by atoms with Gasteiger partial charge in [0.15, 0.2) is 0 Å². The van der Waals surface area contributed by atoms with E-state index in [1.807, 2.05) is 20.8 Å². The monoisotopic (exact) mass is 317 g/mol. The van der Waals surface area contributed by atoms with Crippen LogP contribution >= 0.6 is 0 Å². The number of ether oxygens (including phenoxy) is 1. The summed E-state index contributed by atoms with van der Waals surface area (Å²) in [6, 6.07) is 7.18. The van der Waals surface area contributed by atoms with Crippen molar-refractivity contribution in [1.29, 1.82) is 5.26 Å². The topological polar surface area (TPSA) is 91.2 Å². The number of amides is 1. The van der Waals surface area contributed by atoms with Gasteiger partial charge in [0.25, 0.3) is 0 Å². The number of hydrogen-bond donors (Lipinski definition) is 2. The van der Waals surface area contributed by atoms with Crippen LogP contribution < -0.4 is 10.6 Å². The van der Waals surface area contributed by atoms with Crippen LogP contribution in [0.3, 0.4) is 0 Å². The van der Waals surface area contributed by atoms with Gasteiger partial charge in [0.1, 0.15) is 5.54 Å². The Labute approximate surface area is 136 Å². The van der Waals surface area contributed by atoms with Gasteiger partial charge in [-0.3, -0.25) is 4.79 Å². The lowest BCUT2D eigenvalue weighted by Gasteiger charge is -2.27. The van der Waals surface area contributed by atoms with Gasteiger partial charge in [0.05, 0.1) is 25.3 Å². The third kappa shape index (κ3) is 4.71. The minimum Gasteiger partial charge on any atom is -0.465 e. The van der Waals surface area contributed by atoms with Gasteiger partial charge < -0.3 is 15.4 Å². The number of nitrogens with one attached hydrogen (secondary N) is 2. The van der Waals surface area contributed by atoms with Crippen LogP contribution in [0, 0.1) is 24.2 Å². The number of hydrogen-bond acceptors (Lipinski definition) is 5. The first kappa shape index (κ1) is 18.5. The van der Waals surface area contributed by atoms with Crippen molar-refractivity contribution in [3.05, 3.63) is 29.3 Å². The van der Waals surface area contributed by atoms with Crippen LogP contribution in [0.4, 0.5) is 5.69 Å². The van der Waals surface area contributed by atoms with Gasteiger partial charge in [-0.1, -0.05) is 13.8 Å². The fraction of sp³-hybridized carbons (Fsp3) is 0.471. The minimum absolute atomic E-state index is 0.00229. The van der Waals surface area contributed by atoms with Crippen LogP contribution in [0.1, 0.15) is 36.7 Å². The third-order valence-corrected chi connectivity index (χ3v) is 3.87. The molecule has 2 N–H and O–H groups in total. The van der Waals surface area contributed by atoms with Crippen LogP contribution in [0.25, 0.3) is 0 Å². The maximum Gasteiger partial charge on any atom is 0.337 e. The van der Waals surface area contributed by atoms with Crippen molar-refractivity contribution in [2.24, 2.45) is 5.92 Å². The molecular formula is C17H23N3O3. The number of methoxy groups -OCH3 is 1. The summed E-state index contributed by atoms with van der Waals surface area (Å²) in [7, 11) is 1.33. The maximum absolute atomic E-state index is 12.0. The van der Waals surface area contributed by atoms with Gasteiger partial charge in [0, 0.05) is 5.69 Å². The molecule has 0 aliphatic heterocycles. The van der Waals surface area contributed by atoms with Crippen LogP contribution in [-0.4, -0.2) is 31.1 Å². The molecule has 1 rings (SSSR count). The SMILES string of the molecule is COC(=O)c1ccc(NCC(=O)NC(C)(C#N)C(C)C)c(C)c1. The van der Waals surface area contributed by atoms with Gasteiger partial charge in [-0.25, -0.2) is 4.79 Å². The van der Waals surface area contributed by atoms with E-state index in [-0.39, 0.29) is 18.4 Å². The number of nitriles is 1. The molecule has 6 nitrogen and oxygen atoms in total. The quantitative estimate of drug-likeness (QED) is 0.785. The molecule has 0 saturated heterocycles. The Morgan fingerprint density at radius 3 is 2.52 bits per heavy atom. The van der Waals surface area contributed by atoms with Crippen molar-refractivity contribution in [1.82, 2.24) is 5.32 Å². The van der Waals surface area contributed by atoms with Gasteiger partial charge in [-0.2, -0.15) is 5.26 Å². The molecule has 0 heterocycles. The summed E-state index contributed by atoms with van der Waals surface area (Å²) < 4.78 is 4.66. The lowest BCUT2D eigenvalue weighted by Crippen LogP contribution is -2.50. The first-order valence-corrected chi connectivity index (χ1v) is 7.38. The third-order valence-electron chi connectivity index (χ3n) is 3.87. The number of aryl methyl sites for hydroxylation is 1. The molecule has 0 aliphatic carbocycles. The predicted molar refractivity (Wildman–Crippen MR) is 88.0 cm³/mol. The van der Waals surface area contributed by atoms with Crippen molar-refractivity contribution < 1.29 is 14.3 Å². The number of nitrogens with zero attached hydrogens (tertiary/aromatic N) is 1. The summed E-state index contributed by atoms with van der Waals surface area (Å²) in [5.41, 5.74) is 1.13. The van der Waals surface area contributed by atoms with E-state index < -0.39 is 11.5 Å². The average Bonchev–Trinajstić information content (AvgIpc) is 2.52. The van der Waals surface area contributed by atoms with Crippen molar-refractivity contribution in [2.45, 2.75) is 33.2 Å². The smallest absolute Gasteiger partial charge is 0.337 e. The molecule has 6 heteroatoms. The normalized spacial score (nSPS) is 12.9. The molecule has 1 unspecified atom stereocenters. The molecule has 23 heavy (non-hydrogen) atoms. The number of carbonyl (C=O) groups is 2. The van der Waals surface area contributed by atoms with Crippen molar-refractivity contribution in [3.8, 4) is 6.07 Å². The number of anilines is 1. The Kier molecular flexibility index (Phi) is 6.14. The molecule has 0 bridgehead atoms. The van der Waals surface area contributed by atoms with E-state index in [2.05, 4.69) is 21.4 Å². The van der Waals surface area contributed by atoms with Crippen LogP contribution in [0.2, 0.25) is 0 Å². The summed E-state index contributed by atoms with van der Waals surface area (Å²) in [5, 5.41) is 15.0. The number of rotatable bonds is 6. The van der Waals surface area contributed by atoms with E-state index in [0.717, 1.165) is 11.3 Å². The average molecular weight is 317 g/mol. The Bertz CT molecular complexity index is 634. The highest BCUT2D eigenvalue weighted by atomic mass is 16.5. The van der Waals surface area contributed by atoms with Gasteiger partial charge >= 0.3 is 5.97 Å². The van der Waals surface area contributed by atoms with E-state index in [1.54, 1.807) is 25.1 Å². The largest absolute Gasteiger partial charge is 0.465 e. The zero-order valence-corrected chi connectivity index (χ0v) is 14.2.